The summed E-state index contributed by atoms with van der Waals surface area (Å²) in [5.41, 5.74) is 8.62. The molecule has 14 rings (SSSR count). The number of aliphatic imine (C=N–C) groups is 4. The molecule has 4 aliphatic rings. The number of nitrogens with zero attached hydrogens (tertiary/aromatic N) is 8. The van der Waals surface area contributed by atoms with Crippen LogP contribution in [0.5, 0.6) is 23.0 Å². The maximum atomic E-state index is 6.94. The van der Waals surface area contributed by atoms with Crippen molar-refractivity contribution in [1.29, 1.82) is 0 Å². The van der Waals surface area contributed by atoms with Crippen molar-refractivity contribution in [1.82, 2.24) is 5.58 Å². The summed E-state index contributed by atoms with van der Waals surface area (Å²) in [6.07, 6.45) is 0. The van der Waals surface area contributed by atoms with E-state index >= 15 is 0 Å². The zero-order chi connectivity index (χ0) is 51.3. The Balaban J connectivity index is 1.32. The predicted octanol–water partition coefficient (Wildman–Crippen LogP) is 13.6. The van der Waals surface area contributed by atoms with Crippen LogP contribution >= 0.6 is 25.4 Å². The first-order valence-electron chi connectivity index (χ1n) is 25.5. The summed E-state index contributed by atoms with van der Waals surface area (Å²) in [6.45, 7) is 18.4. The third-order valence-corrected chi connectivity index (χ3v) is 30.3. The van der Waals surface area contributed by atoms with Gasteiger partial charge in [0.05, 0.1) is 0 Å². The first kappa shape index (κ1) is 46.6. The fourth-order valence-corrected chi connectivity index (χ4v) is 26.6. The van der Waals surface area contributed by atoms with E-state index in [1.54, 1.807) is 0 Å². The van der Waals surface area contributed by atoms with Gasteiger partial charge in [-0.15, -0.1) is 0 Å². The Kier molecular flexibility index (Phi) is 10.6. The zero-order valence-corrected chi connectivity index (χ0v) is 48.6. The van der Waals surface area contributed by atoms with Crippen molar-refractivity contribution in [2.24, 2.45) is 30.0 Å². The number of amidine groups is 4. The Labute approximate surface area is 447 Å². The summed E-state index contributed by atoms with van der Waals surface area (Å²) in [7, 11) is 0. The predicted molar refractivity (Wildman–Crippen MR) is 313 cm³/mol. The van der Waals surface area contributed by atoms with E-state index in [1.807, 2.05) is 27.7 Å². The van der Waals surface area contributed by atoms with Crippen molar-refractivity contribution in [2.45, 2.75) is 55.4 Å². The number of ether oxygens (including phenoxy) is 4. The van der Waals surface area contributed by atoms with Gasteiger partial charge in [-0.3, -0.25) is 0 Å². The third kappa shape index (κ3) is 6.27. The molecule has 0 spiro atoms. The Bertz CT molecular complexity index is 4570. The van der Waals surface area contributed by atoms with E-state index in [1.165, 1.54) is 0 Å². The molecular formula is C60H48Br2N8O4Sn. The van der Waals surface area contributed by atoms with E-state index < -0.39 is 14.5 Å². The molecule has 10 aromatic rings. The van der Waals surface area contributed by atoms with Crippen LogP contribution in [0.3, 0.4) is 0 Å². The van der Waals surface area contributed by atoms with Crippen molar-refractivity contribution < 1.29 is 18.9 Å². The number of fused-ring (bicyclic) bond motifs is 18. The Morgan fingerprint density at radius 2 is 0.693 bits per heavy atom. The average molecular weight is 1220 g/mol. The molecule has 0 radical (unpaired) electrons. The zero-order valence-electron chi connectivity index (χ0n) is 42.5. The van der Waals surface area contributed by atoms with Gasteiger partial charge in [0.1, 0.15) is 0 Å². The fourth-order valence-electron chi connectivity index (χ4n) is 12.3. The summed E-state index contributed by atoms with van der Waals surface area (Å²) in [4.78, 5) is 34.7. The maximum absolute atomic E-state index is 6.94. The van der Waals surface area contributed by atoms with Gasteiger partial charge in [0.2, 0.25) is 0 Å². The normalized spacial score (nSPS) is 14.9. The molecule has 6 bridgehead atoms. The number of aryl methyl sites for hydroxylation is 4. The van der Waals surface area contributed by atoms with Gasteiger partial charge in [0.15, 0.2) is 0 Å². The van der Waals surface area contributed by atoms with Crippen LogP contribution in [0.4, 0.5) is 11.6 Å². The summed E-state index contributed by atoms with van der Waals surface area (Å²) in [6, 6.07) is 33.7. The van der Waals surface area contributed by atoms with E-state index in [2.05, 4.69) is 156 Å². The SMILES string of the molecule is CCOc1c2c(c(C)c3ccccc13)C1=NC2=Nc2c3c(C)c4ccccc4c(OCC)c3c3[n]2[Sn]([Br])([Br])[n]2c(c4c(C)c5ccccc5c(OCC)c4c2=NC2=NC(=N3)c3c2c(C)c2ccccc2c3OCC)=N1. The van der Waals surface area contributed by atoms with Gasteiger partial charge in [-0.25, -0.2) is 0 Å². The molecule has 8 aromatic carbocycles. The topological polar surface area (TPSA) is 121 Å². The Morgan fingerprint density at radius 3 is 1.13 bits per heavy atom. The summed E-state index contributed by atoms with van der Waals surface area (Å²) >= 11 is 4.32. The van der Waals surface area contributed by atoms with Crippen LogP contribution in [-0.4, -0.2) is 69.8 Å². The molecular weight excluding hydrogens is 1180 g/mol. The third-order valence-electron chi connectivity index (χ3n) is 15.3. The quantitative estimate of drug-likeness (QED) is 0.141. The van der Waals surface area contributed by atoms with Crippen LogP contribution in [0, 0.1) is 27.7 Å². The van der Waals surface area contributed by atoms with E-state index in [-0.39, 0.29) is 0 Å². The molecule has 0 unspecified atom stereocenters. The van der Waals surface area contributed by atoms with Crippen molar-refractivity contribution >= 4 is 140 Å². The molecule has 2 aromatic heterocycles. The molecule has 12 nitrogen and oxygen atoms in total. The van der Waals surface area contributed by atoms with Gasteiger partial charge in [-0.05, 0) is 0 Å². The first-order valence-corrected chi connectivity index (χ1v) is 40.9. The molecule has 0 saturated heterocycles. The number of hydrogen-bond donors (Lipinski definition) is 0. The molecule has 6 heterocycles. The fraction of sp³-hybridized carbons (Fsp3) is 0.200. The molecule has 0 fully saturated rings. The molecule has 370 valence electrons. The minimum atomic E-state index is -5.01. The molecule has 4 aliphatic heterocycles. The standard InChI is InChI=1S/C60H48N8O4.2BrH.Sn/c1-9-69-49-37-25-17-13-21-33(37)29(5)41-45(49)57-62-53(41)61-54-42-30(6)34-22-14-18-26-38(34)50(70-10-2)46(42)58(63-54)65-56-44-32(8)36-24-16-20-28-40(36)52(72-12-4)48(44)60(67-56)68-59-47-43(55(64-57)66-59)31(7)35-23-15-19-27-39(35)51(47)71-11-3;;;/h13-28H,9-12H2,1-8H3;2*1H;/q-2;;;+4/p-2. The van der Waals surface area contributed by atoms with Crippen molar-refractivity contribution in [3.8, 4) is 23.0 Å². The van der Waals surface area contributed by atoms with Gasteiger partial charge in [0.25, 0.3) is 0 Å². The number of rotatable bonds is 8. The molecule has 0 atom stereocenters. The number of halogens is 2. The van der Waals surface area contributed by atoms with Crippen LogP contribution < -0.4 is 29.9 Å². The van der Waals surface area contributed by atoms with Crippen molar-refractivity contribution in [2.75, 3.05) is 26.4 Å². The van der Waals surface area contributed by atoms with Gasteiger partial charge in [-0.1, -0.05) is 0 Å². The summed E-state index contributed by atoms with van der Waals surface area (Å²) < 4.78 is 32.0. The second kappa shape index (κ2) is 17.1. The molecule has 0 saturated carbocycles. The van der Waals surface area contributed by atoms with Crippen LogP contribution in [0.15, 0.2) is 127 Å². The Morgan fingerprint density at radius 1 is 0.360 bits per heavy atom. The monoisotopic (exact) mass is 1220 g/mol. The van der Waals surface area contributed by atoms with Crippen LogP contribution in [0.2, 0.25) is 0 Å². The Hall–Kier alpha value is -6.88. The van der Waals surface area contributed by atoms with E-state index in [0.717, 1.165) is 109 Å². The first-order chi connectivity index (χ1) is 36.5. The number of benzene rings is 8. The van der Waals surface area contributed by atoms with Gasteiger partial charge in [-0.2, -0.15) is 0 Å². The van der Waals surface area contributed by atoms with E-state index in [0.29, 0.717) is 95.4 Å². The summed E-state index contributed by atoms with van der Waals surface area (Å²) in [5.74, 6) is 6.04. The molecule has 15 heteroatoms. The molecule has 0 N–H and O–H groups in total. The van der Waals surface area contributed by atoms with E-state index in [4.69, 9.17) is 48.9 Å². The second-order valence-corrected chi connectivity index (χ2v) is 46.6. The van der Waals surface area contributed by atoms with Crippen molar-refractivity contribution in [3.63, 3.8) is 0 Å². The van der Waals surface area contributed by atoms with Gasteiger partial charge < -0.3 is 0 Å². The van der Waals surface area contributed by atoms with E-state index in [9.17, 15) is 0 Å². The number of aromatic nitrogens is 2. The minimum absolute atomic E-state index is 0.405. The summed E-state index contributed by atoms with van der Waals surface area (Å²) in [5, 5.41) is 11.4. The van der Waals surface area contributed by atoms with Gasteiger partial charge in [0, 0.05) is 0 Å². The second-order valence-electron chi connectivity index (χ2n) is 19.2. The molecule has 75 heavy (non-hydrogen) atoms. The van der Waals surface area contributed by atoms with Crippen LogP contribution in [-0.2, 0) is 0 Å². The van der Waals surface area contributed by atoms with Gasteiger partial charge >= 0.3 is 451 Å². The van der Waals surface area contributed by atoms with Crippen LogP contribution in [0.1, 0.15) is 72.2 Å². The molecule has 0 aliphatic carbocycles. The molecule has 0 amide bonds. The average Bonchev–Trinajstić information content (AvgIpc) is 4.15. The van der Waals surface area contributed by atoms with Crippen LogP contribution in [0.25, 0.3) is 64.6 Å². The number of hydrogen-bond acceptors (Lipinski definition) is 10. The van der Waals surface area contributed by atoms with Crippen molar-refractivity contribution in [3.05, 3.63) is 153 Å².